The lowest BCUT2D eigenvalue weighted by Gasteiger charge is -2.27. The lowest BCUT2D eigenvalue weighted by molar-refractivity contribution is 0.275. The molecular weight excluding hydrogens is 228 g/mol. The van der Waals surface area contributed by atoms with Crippen molar-refractivity contribution in [1.82, 2.24) is 4.98 Å². The predicted octanol–water partition coefficient (Wildman–Crippen LogP) is 3.50. The van der Waals surface area contributed by atoms with Crippen molar-refractivity contribution >= 4 is 11.3 Å². The molecule has 1 aromatic rings. The molecule has 1 heterocycles. The van der Waals surface area contributed by atoms with Gasteiger partial charge in [-0.15, -0.1) is 11.3 Å². The summed E-state index contributed by atoms with van der Waals surface area (Å²) in [5, 5.41) is 3.40. The van der Waals surface area contributed by atoms with Gasteiger partial charge in [0, 0.05) is 23.3 Å². The zero-order chi connectivity index (χ0) is 12.5. The Bertz CT molecular complexity index is 361. The van der Waals surface area contributed by atoms with E-state index in [1.165, 1.54) is 36.4 Å². The van der Waals surface area contributed by atoms with Gasteiger partial charge in [-0.05, 0) is 12.3 Å². The number of nitrogens with zero attached hydrogens (tertiary/aromatic N) is 1. The fraction of sp³-hybridized carbons (Fsp3) is 0.786. The number of nitrogens with two attached hydrogens (primary N) is 1. The van der Waals surface area contributed by atoms with E-state index in [1.807, 2.05) is 0 Å². The highest BCUT2D eigenvalue weighted by atomic mass is 32.1. The second-order valence-corrected chi connectivity index (χ2v) is 7.32. The lowest BCUT2D eigenvalue weighted by atomic mass is 9.80. The summed E-state index contributed by atoms with van der Waals surface area (Å²) in [6.07, 6.45) is 6.32. The molecule has 96 valence electrons. The standard InChI is InChI=1S/C14H24N2S/c1-14(2,3)12-9-17-13(16-12)8-11(15)7-10-5-4-6-10/h9-11H,4-8,15H2,1-3H3. The first-order valence-corrected chi connectivity index (χ1v) is 7.53. The molecule has 2 nitrogen and oxygen atoms in total. The van der Waals surface area contributed by atoms with Crippen molar-refractivity contribution < 1.29 is 0 Å². The summed E-state index contributed by atoms with van der Waals surface area (Å²) < 4.78 is 0. The third-order valence-electron chi connectivity index (χ3n) is 3.62. The van der Waals surface area contributed by atoms with Gasteiger partial charge in [0.15, 0.2) is 0 Å². The molecule has 3 heteroatoms. The van der Waals surface area contributed by atoms with Gasteiger partial charge in [-0.25, -0.2) is 4.98 Å². The first-order valence-electron chi connectivity index (χ1n) is 6.65. The van der Waals surface area contributed by atoms with Crippen LogP contribution in [0.5, 0.6) is 0 Å². The maximum absolute atomic E-state index is 6.20. The van der Waals surface area contributed by atoms with Crippen LogP contribution in [0.3, 0.4) is 0 Å². The molecular formula is C14H24N2S. The third-order valence-corrected chi connectivity index (χ3v) is 4.49. The molecule has 1 aliphatic rings. The smallest absolute Gasteiger partial charge is 0.0943 e. The van der Waals surface area contributed by atoms with E-state index >= 15 is 0 Å². The highest BCUT2D eigenvalue weighted by Crippen LogP contribution is 2.31. The number of thiazole rings is 1. The molecule has 0 radical (unpaired) electrons. The van der Waals surface area contributed by atoms with Crippen LogP contribution in [0.1, 0.15) is 57.2 Å². The fourth-order valence-electron chi connectivity index (χ4n) is 2.21. The molecule has 1 atom stereocenters. The maximum atomic E-state index is 6.20. The Kier molecular flexibility index (Phi) is 3.88. The molecule has 0 spiro atoms. The van der Waals surface area contributed by atoms with Gasteiger partial charge in [0.25, 0.3) is 0 Å². The van der Waals surface area contributed by atoms with Crippen LogP contribution < -0.4 is 5.73 Å². The van der Waals surface area contributed by atoms with Crippen molar-refractivity contribution in [1.29, 1.82) is 0 Å². The van der Waals surface area contributed by atoms with E-state index in [9.17, 15) is 0 Å². The SMILES string of the molecule is CC(C)(C)c1csc(CC(N)CC2CCC2)n1. The van der Waals surface area contributed by atoms with E-state index in [2.05, 4.69) is 26.2 Å². The molecule has 0 bridgehead atoms. The summed E-state index contributed by atoms with van der Waals surface area (Å²) in [6.45, 7) is 6.63. The quantitative estimate of drug-likeness (QED) is 0.890. The van der Waals surface area contributed by atoms with E-state index in [0.29, 0.717) is 6.04 Å². The monoisotopic (exact) mass is 252 g/mol. The predicted molar refractivity (Wildman–Crippen MR) is 74.5 cm³/mol. The molecule has 2 rings (SSSR count). The number of aromatic nitrogens is 1. The van der Waals surface area contributed by atoms with Crippen LogP contribution in [0, 0.1) is 5.92 Å². The van der Waals surface area contributed by atoms with Crippen molar-refractivity contribution in [3.8, 4) is 0 Å². The van der Waals surface area contributed by atoms with Crippen LogP contribution in [0.2, 0.25) is 0 Å². The van der Waals surface area contributed by atoms with Gasteiger partial charge in [0.1, 0.15) is 0 Å². The molecule has 17 heavy (non-hydrogen) atoms. The van der Waals surface area contributed by atoms with Crippen LogP contribution in [-0.2, 0) is 11.8 Å². The number of hydrogen-bond donors (Lipinski definition) is 1. The van der Waals surface area contributed by atoms with Crippen LogP contribution >= 0.6 is 11.3 Å². The highest BCUT2D eigenvalue weighted by Gasteiger charge is 2.22. The van der Waals surface area contributed by atoms with Gasteiger partial charge >= 0.3 is 0 Å². The second kappa shape index (κ2) is 5.07. The van der Waals surface area contributed by atoms with Crippen LogP contribution in [0.4, 0.5) is 0 Å². The average molecular weight is 252 g/mol. The van der Waals surface area contributed by atoms with Gasteiger partial charge in [0.2, 0.25) is 0 Å². The molecule has 0 amide bonds. The zero-order valence-electron chi connectivity index (χ0n) is 11.2. The van der Waals surface area contributed by atoms with Crippen molar-refractivity contribution in [2.24, 2.45) is 11.7 Å². The molecule has 0 aliphatic heterocycles. The third kappa shape index (κ3) is 3.52. The average Bonchev–Trinajstić information content (AvgIpc) is 2.59. The van der Waals surface area contributed by atoms with Gasteiger partial charge in [-0.3, -0.25) is 0 Å². The molecule has 1 fully saturated rings. The van der Waals surface area contributed by atoms with Crippen molar-refractivity contribution in [3.63, 3.8) is 0 Å². The van der Waals surface area contributed by atoms with Gasteiger partial charge < -0.3 is 5.73 Å². The van der Waals surface area contributed by atoms with Crippen LogP contribution in [-0.4, -0.2) is 11.0 Å². The molecule has 1 saturated carbocycles. The topological polar surface area (TPSA) is 38.9 Å². The number of hydrogen-bond acceptors (Lipinski definition) is 3. The van der Waals surface area contributed by atoms with E-state index in [0.717, 1.165) is 12.3 Å². The molecule has 0 aromatic carbocycles. The minimum atomic E-state index is 0.160. The Labute approximate surface area is 109 Å². The Morgan fingerprint density at radius 3 is 2.65 bits per heavy atom. The van der Waals surface area contributed by atoms with E-state index < -0.39 is 0 Å². The van der Waals surface area contributed by atoms with Crippen LogP contribution in [0.25, 0.3) is 0 Å². The van der Waals surface area contributed by atoms with Crippen molar-refractivity contribution in [3.05, 3.63) is 16.1 Å². The zero-order valence-corrected chi connectivity index (χ0v) is 12.0. The van der Waals surface area contributed by atoms with E-state index in [-0.39, 0.29) is 5.41 Å². The minimum absolute atomic E-state index is 0.160. The Morgan fingerprint density at radius 2 is 2.18 bits per heavy atom. The highest BCUT2D eigenvalue weighted by molar-refractivity contribution is 7.09. The summed E-state index contributed by atoms with van der Waals surface area (Å²) in [6, 6.07) is 0.305. The molecule has 2 N–H and O–H groups in total. The lowest BCUT2D eigenvalue weighted by Crippen LogP contribution is -2.28. The van der Waals surface area contributed by atoms with Crippen molar-refractivity contribution in [2.45, 2.75) is 64.3 Å². The number of rotatable bonds is 4. The largest absolute Gasteiger partial charge is 0.327 e. The summed E-state index contributed by atoms with van der Waals surface area (Å²) in [4.78, 5) is 4.71. The van der Waals surface area contributed by atoms with Crippen molar-refractivity contribution in [2.75, 3.05) is 0 Å². The normalized spacial score (nSPS) is 19.1. The molecule has 0 saturated heterocycles. The first kappa shape index (κ1) is 13.0. The summed E-state index contributed by atoms with van der Waals surface area (Å²) in [7, 11) is 0. The Morgan fingerprint density at radius 1 is 1.47 bits per heavy atom. The van der Waals surface area contributed by atoms with E-state index in [4.69, 9.17) is 10.7 Å². The fourth-order valence-corrected chi connectivity index (χ4v) is 3.33. The summed E-state index contributed by atoms with van der Waals surface area (Å²) in [5.41, 5.74) is 7.56. The van der Waals surface area contributed by atoms with E-state index in [1.54, 1.807) is 11.3 Å². The molecule has 1 aromatic heterocycles. The summed E-state index contributed by atoms with van der Waals surface area (Å²) >= 11 is 1.77. The Balaban J connectivity index is 1.87. The van der Waals surface area contributed by atoms with Gasteiger partial charge in [-0.2, -0.15) is 0 Å². The van der Waals surface area contributed by atoms with Gasteiger partial charge in [0.05, 0.1) is 10.7 Å². The Hall–Kier alpha value is -0.410. The minimum Gasteiger partial charge on any atom is -0.327 e. The molecule has 1 aliphatic carbocycles. The molecule has 1 unspecified atom stereocenters. The van der Waals surface area contributed by atoms with Gasteiger partial charge in [-0.1, -0.05) is 40.0 Å². The maximum Gasteiger partial charge on any atom is 0.0943 e. The van der Waals surface area contributed by atoms with Crippen LogP contribution in [0.15, 0.2) is 5.38 Å². The second-order valence-electron chi connectivity index (χ2n) is 6.37. The first-order chi connectivity index (χ1) is 7.95. The summed E-state index contributed by atoms with van der Waals surface area (Å²) in [5.74, 6) is 0.895.